The van der Waals surface area contributed by atoms with Gasteiger partial charge in [-0.25, -0.2) is 9.18 Å². The molecule has 0 saturated carbocycles. The minimum Gasteiger partial charge on any atom is -0.368 e. The predicted molar refractivity (Wildman–Crippen MR) is 126 cm³/mol. The standard InChI is InChI=1S/C26H23FN4O3/c27-20-9-11-21(12-10-20)29-13-15-30(16-14-29)24(32)19-7-5-18(6-8-19)17-31-25(33)22-3-1-2-4-23(22)28-26(31)34/h1-12,22H,13-17H2. The molecule has 0 N–H and O–H groups in total. The lowest BCUT2D eigenvalue weighted by Gasteiger charge is -2.36. The van der Waals surface area contributed by atoms with Crippen LogP contribution in [0.25, 0.3) is 0 Å². The summed E-state index contributed by atoms with van der Waals surface area (Å²) >= 11 is 0. The average molecular weight is 458 g/mol. The molecular weight excluding hydrogens is 435 g/mol. The maximum atomic E-state index is 13.2. The Kier molecular flexibility index (Phi) is 5.79. The molecular formula is C26H23FN4O3. The lowest BCUT2D eigenvalue weighted by Crippen LogP contribution is -2.48. The molecule has 1 fully saturated rings. The van der Waals surface area contributed by atoms with Crippen LogP contribution in [0.3, 0.4) is 0 Å². The molecule has 2 aromatic carbocycles. The quantitative estimate of drug-likeness (QED) is 0.704. The number of carbonyl (C=O) groups is 3. The number of aliphatic imine (C=N–C) groups is 1. The molecule has 0 spiro atoms. The zero-order chi connectivity index (χ0) is 23.7. The highest BCUT2D eigenvalue weighted by Gasteiger charge is 2.35. The Labute approximate surface area is 196 Å². The molecule has 0 bridgehead atoms. The minimum atomic E-state index is -0.574. The first-order chi connectivity index (χ1) is 16.5. The van der Waals surface area contributed by atoms with Crippen LogP contribution < -0.4 is 4.90 Å². The second-order valence-electron chi connectivity index (χ2n) is 8.42. The van der Waals surface area contributed by atoms with Crippen LogP contribution in [0.5, 0.6) is 0 Å². The molecule has 1 aliphatic carbocycles. The summed E-state index contributed by atoms with van der Waals surface area (Å²) < 4.78 is 13.2. The number of halogens is 1. The van der Waals surface area contributed by atoms with Gasteiger partial charge in [0.2, 0.25) is 5.91 Å². The number of rotatable bonds is 4. The third-order valence-electron chi connectivity index (χ3n) is 6.29. The highest BCUT2D eigenvalue weighted by molar-refractivity contribution is 6.21. The number of piperazine rings is 1. The van der Waals surface area contributed by atoms with Crippen molar-refractivity contribution in [3.8, 4) is 0 Å². The van der Waals surface area contributed by atoms with E-state index in [9.17, 15) is 18.8 Å². The number of hydrogen-bond acceptors (Lipinski definition) is 4. The molecule has 2 aliphatic heterocycles. The van der Waals surface area contributed by atoms with Crippen molar-refractivity contribution in [1.29, 1.82) is 0 Å². The number of fused-ring (bicyclic) bond motifs is 1. The number of imide groups is 1. The molecule has 0 radical (unpaired) electrons. The molecule has 2 aromatic rings. The van der Waals surface area contributed by atoms with Crippen LogP contribution in [0.2, 0.25) is 0 Å². The van der Waals surface area contributed by atoms with Gasteiger partial charge in [-0.05, 0) is 48.0 Å². The Morgan fingerprint density at radius 3 is 2.35 bits per heavy atom. The van der Waals surface area contributed by atoms with Crippen LogP contribution in [-0.4, -0.2) is 59.5 Å². The fraction of sp³-hybridized carbons (Fsp3) is 0.231. The summed E-state index contributed by atoms with van der Waals surface area (Å²) in [5.74, 6) is -1.16. The van der Waals surface area contributed by atoms with Crippen molar-refractivity contribution >= 4 is 29.2 Å². The predicted octanol–water partition coefficient (Wildman–Crippen LogP) is 3.43. The monoisotopic (exact) mass is 458 g/mol. The molecule has 5 rings (SSSR count). The van der Waals surface area contributed by atoms with Crippen molar-refractivity contribution in [3.63, 3.8) is 0 Å². The lowest BCUT2D eigenvalue weighted by atomic mass is 9.95. The highest BCUT2D eigenvalue weighted by atomic mass is 19.1. The van der Waals surface area contributed by atoms with E-state index in [1.54, 1.807) is 65.6 Å². The van der Waals surface area contributed by atoms with Crippen molar-refractivity contribution in [2.75, 3.05) is 31.1 Å². The number of allylic oxidation sites excluding steroid dienone is 3. The van der Waals surface area contributed by atoms with E-state index in [4.69, 9.17) is 0 Å². The molecule has 1 atom stereocenters. The number of urea groups is 1. The zero-order valence-electron chi connectivity index (χ0n) is 18.4. The molecule has 1 unspecified atom stereocenters. The number of nitrogens with zero attached hydrogens (tertiary/aromatic N) is 4. The molecule has 1 saturated heterocycles. The largest absolute Gasteiger partial charge is 0.368 e. The van der Waals surface area contributed by atoms with Crippen molar-refractivity contribution in [2.45, 2.75) is 6.54 Å². The van der Waals surface area contributed by atoms with Crippen molar-refractivity contribution in [3.05, 3.63) is 89.8 Å². The maximum Gasteiger partial charge on any atom is 0.350 e. The number of carbonyl (C=O) groups excluding carboxylic acids is 3. The van der Waals surface area contributed by atoms with Crippen LogP contribution >= 0.6 is 0 Å². The molecule has 2 heterocycles. The Bertz CT molecular complexity index is 1210. The van der Waals surface area contributed by atoms with Gasteiger partial charge >= 0.3 is 6.03 Å². The highest BCUT2D eigenvalue weighted by Crippen LogP contribution is 2.22. The minimum absolute atomic E-state index is 0.0659. The van der Waals surface area contributed by atoms with Crippen molar-refractivity contribution < 1.29 is 18.8 Å². The number of amides is 4. The second kappa shape index (κ2) is 9.05. The number of hydrogen-bond donors (Lipinski definition) is 0. The van der Waals surface area contributed by atoms with Gasteiger partial charge in [-0.3, -0.25) is 14.5 Å². The van der Waals surface area contributed by atoms with Gasteiger partial charge in [0, 0.05) is 37.4 Å². The molecule has 4 amide bonds. The van der Waals surface area contributed by atoms with Gasteiger partial charge in [0.05, 0.1) is 18.2 Å². The Hall–Kier alpha value is -4.07. The summed E-state index contributed by atoms with van der Waals surface area (Å²) in [5.41, 5.74) is 2.70. The molecule has 34 heavy (non-hydrogen) atoms. The van der Waals surface area contributed by atoms with Gasteiger partial charge in [-0.1, -0.05) is 30.4 Å². The SMILES string of the molecule is O=C(c1ccc(CN2C(=O)N=C3C=CC=CC3C2=O)cc1)N1CCN(c2ccc(F)cc2)CC1. The van der Waals surface area contributed by atoms with E-state index in [1.165, 1.54) is 12.1 Å². The van der Waals surface area contributed by atoms with Crippen molar-refractivity contribution in [1.82, 2.24) is 9.80 Å². The summed E-state index contributed by atoms with van der Waals surface area (Å²) in [6.07, 6.45) is 6.94. The fourth-order valence-corrected chi connectivity index (χ4v) is 4.36. The van der Waals surface area contributed by atoms with Crippen LogP contribution in [-0.2, 0) is 11.3 Å². The molecule has 0 aromatic heterocycles. The Balaban J connectivity index is 1.20. The smallest absolute Gasteiger partial charge is 0.350 e. The van der Waals surface area contributed by atoms with E-state index < -0.39 is 11.9 Å². The van der Waals surface area contributed by atoms with Crippen LogP contribution in [0, 0.1) is 11.7 Å². The van der Waals surface area contributed by atoms with Gasteiger partial charge in [0.1, 0.15) is 5.82 Å². The zero-order valence-corrected chi connectivity index (χ0v) is 18.4. The van der Waals surface area contributed by atoms with Gasteiger partial charge in [-0.2, -0.15) is 4.99 Å². The van der Waals surface area contributed by atoms with Crippen LogP contribution in [0.4, 0.5) is 14.9 Å². The summed E-state index contributed by atoms with van der Waals surface area (Å²) in [7, 11) is 0. The fourth-order valence-electron chi connectivity index (χ4n) is 4.36. The third-order valence-corrected chi connectivity index (χ3v) is 6.29. The summed E-state index contributed by atoms with van der Waals surface area (Å²) in [6, 6.07) is 12.8. The van der Waals surface area contributed by atoms with E-state index in [-0.39, 0.29) is 24.2 Å². The van der Waals surface area contributed by atoms with E-state index >= 15 is 0 Å². The van der Waals surface area contributed by atoms with Gasteiger partial charge < -0.3 is 9.80 Å². The van der Waals surface area contributed by atoms with E-state index in [1.807, 2.05) is 0 Å². The lowest BCUT2D eigenvalue weighted by molar-refractivity contribution is -0.129. The summed E-state index contributed by atoms with van der Waals surface area (Å²) in [4.78, 5) is 47.2. The Morgan fingerprint density at radius 2 is 1.65 bits per heavy atom. The van der Waals surface area contributed by atoms with E-state index in [0.717, 1.165) is 16.2 Å². The molecule has 8 heteroatoms. The average Bonchev–Trinajstić information content (AvgIpc) is 2.87. The third kappa shape index (κ3) is 4.26. The maximum absolute atomic E-state index is 13.2. The van der Waals surface area contributed by atoms with Gasteiger partial charge in [-0.15, -0.1) is 0 Å². The molecule has 172 valence electrons. The van der Waals surface area contributed by atoms with Gasteiger partial charge in [0.15, 0.2) is 0 Å². The first-order valence-electron chi connectivity index (χ1n) is 11.2. The molecule has 3 aliphatic rings. The summed E-state index contributed by atoms with van der Waals surface area (Å²) in [5, 5.41) is 0. The van der Waals surface area contributed by atoms with Crippen molar-refractivity contribution in [2.24, 2.45) is 10.9 Å². The van der Waals surface area contributed by atoms with E-state index in [0.29, 0.717) is 37.5 Å². The topological polar surface area (TPSA) is 73.3 Å². The van der Waals surface area contributed by atoms with Crippen LogP contribution in [0.15, 0.2) is 77.8 Å². The first-order valence-corrected chi connectivity index (χ1v) is 11.2. The summed E-state index contributed by atoms with van der Waals surface area (Å²) in [6.45, 7) is 2.58. The Morgan fingerprint density at radius 1 is 0.941 bits per heavy atom. The second-order valence-corrected chi connectivity index (χ2v) is 8.42. The number of anilines is 1. The first kappa shape index (κ1) is 21.8. The molecule has 7 nitrogen and oxygen atoms in total. The number of benzene rings is 2. The van der Waals surface area contributed by atoms with Gasteiger partial charge in [0.25, 0.3) is 5.91 Å². The van der Waals surface area contributed by atoms with Crippen LogP contribution in [0.1, 0.15) is 15.9 Å². The van der Waals surface area contributed by atoms with E-state index in [2.05, 4.69) is 9.89 Å². The normalized spacial score (nSPS) is 19.9.